The van der Waals surface area contributed by atoms with Gasteiger partial charge in [-0.1, -0.05) is 123 Å². The van der Waals surface area contributed by atoms with Gasteiger partial charge in [0.2, 0.25) is 0 Å². The van der Waals surface area contributed by atoms with Gasteiger partial charge in [-0.15, -0.1) is 0 Å². The molecule has 0 aliphatic heterocycles. The summed E-state index contributed by atoms with van der Waals surface area (Å²) in [6, 6.07) is 51.9. The molecule has 1 N–H and O–H groups in total. The van der Waals surface area contributed by atoms with Crippen molar-refractivity contribution in [2.24, 2.45) is 0 Å². The molecule has 2 aromatic heterocycles. The van der Waals surface area contributed by atoms with Crippen LogP contribution in [0.2, 0.25) is 0 Å². The van der Waals surface area contributed by atoms with Crippen LogP contribution in [0.5, 0.6) is 11.5 Å². The summed E-state index contributed by atoms with van der Waals surface area (Å²) in [5.41, 5.74) is 12.3. The number of ether oxygens (including phenoxy) is 1. The normalized spacial score (nSPS) is 12.2. The molecular weight excluding hydrogens is 721 g/mol. The molecule has 0 radical (unpaired) electrons. The number of para-hydroxylation sites is 2. The first-order valence-electron chi connectivity index (χ1n) is 20.7. The number of nitrogens with zero attached hydrogens (tertiary/aromatic N) is 3. The maximum atomic E-state index is 6.90. The van der Waals surface area contributed by atoms with Crippen LogP contribution in [0.15, 0.2) is 152 Å². The Morgan fingerprint density at radius 1 is 0.525 bits per heavy atom. The number of pyridine rings is 1. The molecular formula is C54H56N4O. The first-order chi connectivity index (χ1) is 28.0. The Bertz CT molecular complexity index is 2790. The van der Waals surface area contributed by atoms with Gasteiger partial charge in [0.1, 0.15) is 17.3 Å². The van der Waals surface area contributed by atoms with Gasteiger partial charge < -0.3 is 15.0 Å². The highest BCUT2D eigenvalue weighted by Crippen LogP contribution is 2.41. The lowest BCUT2D eigenvalue weighted by atomic mass is 9.86. The Morgan fingerprint density at radius 2 is 1.24 bits per heavy atom. The van der Waals surface area contributed by atoms with Crippen LogP contribution < -0.4 is 15.0 Å². The van der Waals surface area contributed by atoms with E-state index in [-0.39, 0.29) is 16.2 Å². The van der Waals surface area contributed by atoms with Gasteiger partial charge in [-0.25, -0.2) is 4.98 Å². The predicted molar refractivity (Wildman–Crippen MR) is 251 cm³/mol. The topological polar surface area (TPSA) is 42.3 Å². The van der Waals surface area contributed by atoms with Gasteiger partial charge in [0.25, 0.3) is 0 Å². The highest BCUT2D eigenvalue weighted by Gasteiger charge is 2.22. The summed E-state index contributed by atoms with van der Waals surface area (Å²) < 4.78 is 9.19. The molecule has 0 atom stereocenters. The number of fused-ring (bicyclic) bond motifs is 3. The molecule has 0 bridgehead atoms. The molecule has 0 aliphatic rings. The van der Waals surface area contributed by atoms with Crippen molar-refractivity contribution in [1.29, 1.82) is 0 Å². The molecule has 0 saturated carbocycles. The second-order valence-corrected chi connectivity index (χ2v) is 18.9. The molecule has 0 saturated heterocycles. The van der Waals surface area contributed by atoms with Crippen LogP contribution in [0.25, 0.3) is 38.8 Å². The van der Waals surface area contributed by atoms with Crippen molar-refractivity contribution in [2.75, 3.05) is 17.3 Å². The molecule has 0 fully saturated rings. The largest absolute Gasteiger partial charge is 0.457 e. The Kier molecular flexibility index (Phi) is 10.1. The van der Waals surface area contributed by atoms with Gasteiger partial charge in [0, 0.05) is 47.5 Å². The lowest BCUT2D eigenvalue weighted by molar-refractivity contribution is 0.479. The van der Waals surface area contributed by atoms with E-state index in [0.717, 1.165) is 56.5 Å². The van der Waals surface area contributed by atoms with Crippen LogP contribution in [-0.2, 0) is 16.2 Å². The average molecular weight is 777 g/mol. The van der Waals surface area contributed by atoms with Crippen molar-refractivity contribution in [1.82, 2.24) is 9.55 Å². The SMILES string of the molecule is CN(c1cc(Oc2ccc3c4cc(-c5ccccc5)ccc4n(-c4cc(C(C)(C)C)ccn4)c3c2)cc(C(C)(C)C)c1)c1ccccc1Nc1cccc(C(C)(C)C)c1. The zero-order valence-electron chi connectivity index (χ0n) is 36.2. The number of nitrogens with one attached hydrogen (secondary N) is 1. The van der Waals surface area contributed by atoms with Crippen molar-refractivity contribution < 1.29 is 4.74 Å². The van der Waals surface area contributed by atoms with Gasteiger partial charge in [0.05, 0.1) is 22.4 Å². The minimum Gasteiger partial charge on any atom is -0.457 e. The van der Waals surface area contributed by atoms with Crippen LogP contribution in [0.4, 0.5) is 22.7 Å². The second-order valence-electron chi connectivity index (χ2n) is 18.9. The van der Waals surface area contributed by atoms with Gasteiger partial charge in [-0.2, -0.15) is 0 Å². The molecule has 5 heteroatoms. The van der Waals surface area contributed by atoms with Crippen molar-refractivity contribution >= 4 is 44.6 Å². The summed E-state index contributed by atoms with van der Waals surface area (Å²) in [6.07, 6.45) is 1.93. The van der Waals surface area contributed by atoms with Crippen molar-refractivity contribution in [2.45, 2.75) is 78.6 Å². The van der Waals surface area contributed by atoms with Crippen LogP contribution in [0.3, 0.4) is 0 Å². The highest BCUT2D eigenvalue weighted by atomic mass is 16.5. The average Bonchev–Trinajstić information content (AvgIpc) is 3.53. The smallest absolute Gasteiger partial charge is 0.137 e. The summed E-state index contributed by atoms with van der Waals surface area (Å²) in [5, 5.41) is 6.05. The quantitative estimate of drug-likeness (QED) is 0.167. The zero-order valence-corrected chi connectivity index (χ0v) is 36.2. The summed E-state index contributed by atoms with van der Waals surface area (Å²) in [6.45, 7) is 20.2. The van der Waals surface area contributed by atoms with E-state index in [4.69, 9.17) is 9.72 Å². The summed E-state index contributed by atoms with van der Waals surface area (Å²) in [7, 11) is 2.13. The monoisotopic (exact) mass is 776 g/mol. The Hall–Kier alpha value is -6.33. The number of aromatic nitrogens is 2. The zero-order chi connectivity index (χ0) is 41.7. The second kappa shape index (κ2) is 15.1. The van der Waals surface area contributed by atoms with E-state index in [1.165, 1.54) is 33.2 Å². The number of benzene rings is 6. The van der Waals surface area contributed by atoms with Crippen LogP contribution in [0, 0.1) is 0 Å². The molecule has 8 rings (SSSR count). The molecule has 0 amide bonds. The van der Waals surface area contributed by atoms with Gasteiger partial charge in [-0.05, 0) is 117 Å². The van der Waals surface area contributed by atoms with Gasteiger partial charge in [0.15, 0.2) is 0 Å². The Balaban J connectivity index is 1.21. The third kappa shape index (κ3) is 8.20. The lowest BCUT2D eigenvalue weighted by Crippen LogP contribution is -2.15. The van der Waals surface area contributed by atoms with Crippen molar-refractivity contribution in [3.05, 3.63) is 168 Å². The molecule has 8 aromatic rings. The van der Waals surface area contributed by atoms with Gasteiger partial charge >= 0.3 is 0 Å². The number of rotatable bonds is 8. The summed E-state index contributed by atoms with van der Waals surface area (Å²) in [5.74, 6) is 2.43. The summed E-state index contributed by atoms with van der Waals surface area (Å²) >= 11 is 0. The maximum absolute atomic E-state index is 6.90. The lowest BCUT2D eigenvalue weighted by Gasteiger charge is -2.27. The van der Waals surface area contributed by atoms with Crippen molar-refractivity contribution in [3.8, 4) is 28.4 Å². The predicted octanol–water partition coefficient (Wildman–Crippen LogP) is 15.0. The van der Waals surface area contributed by atoms with E-state index in [9.17, 15) is 0 Å². The molecule has 5 nitrogen and oxygen atoms in total. The molecule has 6 aromatic carbocycles. The standard InChI is InChI=1S/C54H56N4O/c1-52(2,3)38-19-16-20-41(30-38)56-47-21-14-15-22-49(47)57(10)42-31-40(54(7,8)9)32-44(34-42)59-43-24-25-45-46-29-37(36-17-12-11-13-18-36)23-26-48(46)58(50(45)35-43)51-33-39(27-28-55-51)53(4,5)6/h11-35,56H,1-10H3. The minimum atomic E-state index is -0.114. The Morgan fingerprint density at radius 3 is 1.98 bits per heavy atom. The molecule has 2 heterocycles. The molecule has 0 spiro atoms. The van der Waals surface area contributed by atoms with E-state index in [1.807, 2.05) is 6.20 Å². The number of hydrogen-bond acceptors (Lipinski definition) is 4. The van der Waals surface area contributed by atoms with Crippen LogP contribution in [0.1, 0.15) is 79.0 Å². The molecule has 0 unspecified atom stereocenters. The fraction of sp³-hybridized carbons (Fsp3) is 0.241. The van der Waals surface area contributed by atoms with E-state index in [1.54, 1.807) is 0 Å². The number of hydrogen-bond donors (Lipinski definition) is 1. The van der Waals surface area contributed by atoms with Crippen molar-refractivity contribution in [3.63, 3.8) is 0 Å². The summed E-state index contributed by atoms with van der Waals surface area (Å²) in [4.78, 5) is 7.20. The van der Waals surface area contributed by atoms with E-state index in [0.29, 0.717) is 0 Å². The van der Waals surface area contributed by atoms with Crippen LogP contribution in [-0.4, -0.2) is 16.6 Å². The highest BCUT2D eigenvalue weighted by molar-refractivity contribution is 6.10. The third-order valence-electron chi connectivity index (χ3n) is 11.3. The first kappa shape index (κ1) is 39.5. The van der Waals surface area contributed by atoms with E-state index >= 15 is 0 Å². The Labute approximate surface area is 350 Å². The molecule has 298 valence electrons. The third-order valence-corrected chi connectivity index (χ3v) is 11.3. The van der Waals surface area contributed by atoms with Crippen LogP contribution >= 0.6 is 0 Å². The maximum Gasteiger partial charge on any atom is 0.137 e. The fourth-order valence-electron chi connectivity index (χ4n) is 7.76. The van der Waals surface area contributed by atoms with Gasteiger partial charge in [-0.3, -0.25) is 4.57 Å². The first-order valence-corrected chi connectivity index (χ1v) is 20.7. The van der Waals surface area contributed by atoms with E-state index in [2.05, 4.69) is 230 Å². The minimum absolute atomic E-state index is 0.0257. The van der Waals surface area contributed by atoms with E-state index < -0.39 is 0 Å². The molecule has 59 heavy (non-hydrogen) atoms. The molecule has 0 aliphatic carbocycles. The number of anilines is 4. The fourth-order valence-corrected chi connectivity index (χ4v) is 7.76.